The van der Waals surface area contributed by atoms with Gasteiger partial charge in [-0.05, 0) is 36.3 Å². The number of thiocarbonyl (C=S) groups is 1. The van der Waals surface area contributed by atoms with E-state index in [1.807, 2.05) is 6.07 Å². The molecular formula is C10H12ClN3O2S. The Kier molecular flexibility index (Phi) is 4.99. The number of hydrogen-bond acceptors (Lipinski definition) is 2. The quantitative estimate of drug-likeness (QED) is 0.629. The second-order valence-electron chi connectivity index (χ2n) is 3.29. The minimum atomic E-state index is -1.04. The summed E-state index contributed by atoms with van der Waals surface area (Å²) in [6, 6.07) is 5.32. The van der Waals surface area contributed by atoms with Crippen LogP contribution < -0.4 is 16.4 Å². The first-order valence-electron chi connectivity index (χ1n) is 4.80. The Morgan fingerprint density at radius 1 is 1.53 bits per heavy atom. The summed E-state index contributed by atoms with van der Waals surface area (Å²) in [5.74, 6) is 0. The lowest BCUT2D eigenvalue weighted by Crippen LogP contribution is -2.23. The molecule has 1 rings (SSSR count). The van der Waals surface area contributed by atoms with Gasteiger partial charge >= 0.3 is 6.09 Å². The summed E-state index contributed by atoms with van der Waals surface area (Å²) >= 11 is 10.7. The fourth-order valence-corrected chi connectivity index (χ4v) is 1.62. The van der Waals surface area contributed by atoms with Gasteiger partial charge in [-0.25, -0.2) is 4.79 Å². The topological polar surface area (TPSA) is 87.4 Å². The van der Waals surface area contributed by atoms with E-state index in [2.05, 4.69) is 10.6 Å². The molecular weight excluding hydrogens is 262 g/mol. The monoisotopic (exact) mass is 273 g/mol. The number of nitrogens with one attached hydrogen (secondary N) is 2. The van der Waals surface area contributed by atoms with Crippen molar-refractivity contribution in [3.05, 3.63) is 28.8 Å². The van der Waals surface area contributed by atoms with Crippen LogP contribution >= 0.6 is 23.8 Å². The molecule has 92 valence electrons. The third-order valence-corrected chi connectivity index (χ3v) is 2.40. The van der Waals surface area contributed by atoms with Crippen molar-refractivity contribution in [2.75, 3.05) is 11.9 Å². The van der Waals surface area contributed by atoms with Crippen LogP contribution in [-0.4, -0.2) is 22.9 Å². The molecule has 0 aliphatic heterocycles. The molecule has 1 aromatic carbocycles. The molecule has 0 saturated carbocycles. The van der Waals surface area contributed by atoms with Crippen LogP contribution in [0.1, 0.15) is 5.56 Å². The molecule has 1 aromatic rings. The van der Waals surface area contributed by atoms with E-state index >= 15 is 0 Å². The highest BCUT2D eigenvalue weighted by Crippen LogP contribution is 2.22. The van der Waals surface area contributed by atoms with E-state index in [0.29, 0.717) is 23.7 Å². The zero-order chi connectivity index (χ0) is 12.8. The lowest BCUT2D eigenvalue weighted by molar-refractivity contribution is 0.194. The van der Waals surface area contributed by atoms with Gasteiger partial charge in [-0.1, -0.05) is 17.7 Å². The summed E-state index contributed by atoms with van der Waals surface area (Å²) in [6.07, 6.45) is -0.470. The number of nitrogens with two attached hydrogens (primary N) is 1. The van der Waals surface area contributed by atoms with Gasteiger partial charge in [0.15, 0.2) is 5.11 Å². The summed E-state index contributed by atoms with van der Waals surface area (Å²) in [5, 5.41) is 14.1. The van der Waals surface area contributed by atoms with Gasteiger partial charge in [-0.3, -0.25) is 0 Å². The van der Waals surface area contributed by atoms with Crippen LogP contribution in [-0.2, 0) is 6.42 Å². The number of anilines is 1. The fourth-order valence-electron chi connectivity index (χ4n) is 1.26. The van der Waals surface area contributed by atoms with Crippen LogP contribution in [0.25, 0.3) is 0 Å². The van der Waals surface area contributed by atoms with E-state index < -0.39 is 6.09 Å². The van der Waals surface area contributed by atoms with E-state index in [-0.39, 0.29) is 5.11 Å². The van der Waals surface area contributed by atoms with Crippen molar-refractivity contribution >= 4 is 40.7 Å². The molecule has 0 fully saturated rings. The van der Waals surface area contributed by atoms with Crippen LogP contribution in [0.15, 0.2) is 18.2 Å². The number of carbonyl (C=O) groups is 1. The highest BCUT2D eigenvalue weighted by molar-refractivity contribution is 7.80. The molecule has 0 atom stereocenters. The molecule has 0 saturated heterocycles. The summed E-state index contributed by atoms with van der Waals surface area (Å²) in [7, 11) is 0. The number of rotatable bonds is 4. The molecule has 0 aliphatic rings. The molecule has 7 heteroatoms. The van der Waals surface area contributed by atoms with E-state index in [1.165, 1.54) is 0 Å². The maximum atomic E-state index is 10.3. The Morgan fingerprint density at radius 2 is 2.24 bits per heavy atom. The zero-order valence-electron chi connectivity index (χ0n) is 8.87. The number of hydrogen-bond donors (Lipinski definition) is 4. The average Bonchev–Trinajstić information content (AvgIpc) is 2.21. The fraction of sp³-hybridized carbons (Fsp3) is 0.200. The van der Waals surface area contributed by atoms with Gasteiger partial charge in [0.05, 0.1) is 10.7 Å². The molecule has 0 spiro atoms. The zero-order valence-corrected chi connectivity index (χ0v) is 10.4. The summed E-state index contributed by atoms with van der Waals surface area (Å²) in [6.45, 7) is 0.341. The van der Waals surface area contributed by atoms with Crippen molar-refractivity contribution in [3.8, 4) is 0 Å². The van der Waals surface area contributed by atoms with Crippen LogP contribution in [0, 0.1) is 0 Å². The van der Waals surface area contributed by atoms with Crippen LogP contribution in [0.5, 0.6) is 0 Å². The first kappa shape index (κ1) is 13.5. The predicted molar refractivity (Wildman–Crippen MR) is 71.6 cm³/mol. The molecule has 5 nitrogen and oxygen atoms in total. The normalized spacial score (nSPS) is 9.71. The number of carboxylic acid groups (broad SMARTS) is 1. The van der Waals surface area contributed by atoms with Gasteiger partial charge in [-0.2, -0.15) is 0 Å². The Labute approximate surface area is 109 Å². The standard InChI is InChI=1S/C10H12ClN3O2S/c11-7-5-6(3-4-13-10(15)16)1-2-8(7)14-9(12)17/h1-2,5,13H,3-4H2,(H,15,16)(H3,12,14,17). The first-order valence-corrected chi connectivity index (χ1v) is 5.59. The highest BCUT2D eigenvalue weighted by Gasteiger charge is 2.03. The van der Waals surface area contributed by atoms with E-state index in [4.69, 9.17) is 34.7 Å². The maximum Gasteiger partial charge on any atom is 0.404 e. The van der Waals surface area contributed by atoms with Crippen molar-refractivity contribution in [2.45, 2.75) is 6.42 Å². The minimum absolute atomic E-state index is 0.146. The second-order valence-corrected chi connectivity index (χ2v) is 4.13. The van der Waals surface area contributed by atoms with E-state index in [9.17, 15) is 4.79 Å². The molecule has 0 unspecified atom stereocenters. The molecule has 0 radical (unpaired) electrons. The Bertz CT molecular complexity index is 440. The van der Waals surface area contributed by atoms with E-state index in [0.717, 1.165) is 5.56 Å². The van der Waals surface area contributed by atoms with Crippen LogP contribution in [0.4, 0.5) is 10.5 Å². The first-order chi connectivity index (χ1) is 7.99. The van der Waals surface area contributed by atoms with Crippen LogP contribution in [0.3, 0.4) is 0 Å². The smallest absolute Gasteiger partial charge is 0.404 e. The molecule has 0 heterocycles. The molecule has 17 heavy (non-hydrogen) atoms. The van der Waals surface area contributed by atoms with Crippen molar-refractivity contribution < 1.29 is 9.90 Å². The van der Waals surface area contributed by atoms with Gasteiger partial charge < -0.3 is 21.5 Å². The van der Waals surface area contributed by atoms with Gasteiger partial charge in [0.1, 0.15) is 0 Å². The average molecular weight is 274 g/mol. The van der Waals surface area contributed by atoms with Gasteiger partial charge in [0, 0.05) is 6.54 Å². The lowest BCUT2D eigenvalue weighted by atomic mass is 10.1. The second kappa shape index (κ2) is 6.27. The minimum Gasteiger partial charge on any atom is -0.465 e. The molecule has 0 aromatic heterocycles. The lowest BCUT2D eigenvalue weighted by Gasteiger charge is -2.08. The third-order valence-electron chi connectivity index (χ3n) is 1.98. The maximum absolute atomic E-state index is 10.3. The molecule has 0 aliphatic carbocycles. The van der Waals surface area contributed by atoms with Crippen molar-refractivity contribution in [1.82, 2.24) is 5.32 Å². The van der Waals surface area contributed by atoms with Gasteiger partial charge in [0.2, 0.25) is 0 Å². The van der Waals surface area contributed by atoms with Gasteiger partial charge in [-0.15, -0.1) is 0 Å². The molecule has 0 bridgehead atoms. The molecule has 5 N–H and O–H groups in total. The van der Waals surface area contributed by atoms with Crippen molar-refractivity contribution in [2.24, 2.45) is 5.73 Å². The summed E-state index contributed by atoms with van der Waals surface area (Å²) < 4.78 is 0. The predicted octanol–water partition coefficient (Wildman–Crippen LogP) is 1.81. The Hall–Kier alpha value is -1.53. The Balaban J connectivity index is 2.62. The van der Waals surface area contributed by atoms with E-state index in [1.54, 1.807) is 12.1 Å². The van der Waals surface area contributed by atoms with Crippen LogP contribution in [0.2, 0.25) is 5.02 Å². The third kappa shape index (κ3) is 4.88. The van der Waals surface area contributed by atoms with Crippen molar-refractivity contribution in [1.29, 1.82) is 0 Å². The SMILES string of the molecule is NC(=S)Nc1ccc(CCNC(=O)O)cc1Cl. The van der Waals surface area contributed by atoms with Gasteiger partial charge in [0.25, 0.3) is 0 Å². The number of amides is 1. The van der Waals surface area contributed by atoms with Crippen molar-refractivity contribution in [3.63, 3.8) is 0 Å². The summed E-state index contributed by atoms with van der Waals surface area (Å²) in [4.78, 5) is 10.3. The molecule has 1 amide bonds. The summed E-state index contributed by atoms with van der Waals surface area (Å²) in [5.41, 5.74) is 6.89. The highest BCUT2D eigenvalue weighted by atomic mass is 35.5. The largest absolute Gasteiger partial charge is 0.465 e. The number of benzene rings is 1. The number of halogens is 1. The Morgan fingerprint density at radius 3 is 2.76 bits per heavy atom.